The van der Waals surface area contributed by atoms with Crippen molar-refractivity contribution in [3.63, 3.8) is 0 Å². The van der Waals surface area contributed by atoms with Crippen LogP contribution in [-0.4, -0.2) is 30.5 Å². The number of piperidine rings is 1. The third kappa shape index (κ3) is 4.06. The largest absolute Gasteiger partial charge is 0.364 e. The van der Waals surface area contributed by atoms with Crippen LogP contribution in [0.5, 0.6) is 0 Å². The quantitative estimate of drug-likeness (QED) is 0.810. The maximum absolute atomic E-state index is 12.6. The van der Waals surface area contributed by atoms with E-state index in [0.717, 1.165) is 32.1 Å². The van der Waals surface area contributed by atoms with Crippen molar-refractivity contribution >= 4 is 10.0 Å². The van der Waals surface area contributed by atoms with Crippen molar-refractivity contribution in [1.82, 2.24) is 9.46 Å². The van der Waals surface area contributed by atoms with Crippen LogP contribution in [0.1, 0.15) is 51.6 Å². The Balaban J connectivity index is 2.06. The zero-order valence-corrected chi connectivity index (χ0v) is 13.1. The molecule has 1 aromatic rings. The Labute approximate surface area is 121 Å². The number of nitrogens with zero attached hydrogens (tertiary/aromatic N) is 2. The van der Waals surface area contributed by atoms with Crippen LogP contribution in [0.25, 0.3) is 0 Å². The van der Waals surface area contributed by atoms with Crippen LogP contribution in [0.15, 0.2) is 16.9 Å². The lowest BCUT2D eigenvalue weighted by atomic mass is 9.97. The standard InChI is InChI=1S/C14H24N2O3S/c1-12(2)6-7-14-5-3-4-9-16(14)20(17,18)11-13-8-10-19-15-13/h8,10,12,14H,3-7,9,11H2,1-2H3/t14-/m0/s1. The molecule has 0 radical (unpaired) electrons. The fourth-order valence-corrected chi connectivity index (χ4v) is 4.50. The van der Waals surface area contributed by atoms with Crippen LogP contribution in [0, 0.1) is 5.92 Å². The van der Waals surface area contributed by atoms with Crippen molar-refractivity contribution in [2.24, 2.45) is 5.92 Å². The molecule has 0 aromatic carbocycles. The Bertz CT molecular complexity index is 496. The lowest BCUT2D eigenvalue weighted by Gasteiger charge is -2.35. The lowest BCUT2D eigenvalue weighted by molar-refractivity contribution is 0.230. The fraction of sp³-hybridized carbons (Fsp3) is 0.786. The molecule has 0 aliphatic carbocycles. The number of hydrogen-bond donors (Lipinski definition) is 0. The van der Waals surface area contributed by atoms with Crippen LogP contribution < -0.4 is 0 Å². The van der Waals surface area contributed by atoms with E-state index < -0.39 is 10.0 Å². The van der Waals surface area contributed by atoms with E-state index >= 15 is 0 Å². The van der Waals surface area contributed by atoms with E-state index in [1.165, 1.54) is 6.26 Å². The summed E-state index contributed by atoms with van der Waals surface area (Å²) >= 11 is 0. The molecule has 0 saturated carbocycles. The van der Waals surface area contributed by atoms with Gasteiger partial charge in [-0.3, -0.25) is 0 Å². The van der Waals surface area contributed by atoms with Gasteiger partial charge in [0.05, 0.1) is 5.69 Å². The second-order valence-corrected chi connectivity index (χ2v) is 7.90. The summed E-state index contributed by atoms with van der Waals surface area (Å²) in [7, 11) is -3.29. The van der Waals surface area contributed by atoms with E-state index in [0.29, 0.717) is 18.2 Å². The summed E-state index contributed by atoms with van der Waals surface area (Å²) in [5.41, 5.74) is 0.484. The predicted octanol–water partition coefficient (Wildman–Crippen LogP) is 2.80. The molecule has 114 valence electrons. The third-order valence-corrected chi connectivity index (χ3v) is 5.69. The number of rotatable bonds is 6. The molecule has 1 aliphatic heterocycles. The van der Waals surface area contributed by atoms with Gasteiger partial charge in [0.25, 0.3) is 0 Å². The molecule has 1 saturated heterocycles. The van der Waals surface area contributed by atoms with Crippen LogP contribution in [0.3, 0.4) is 0 Å². The highest BCUT2D eigenvalue weighted by molar-refractivity contribution is 7.88. The summed E-state index contributed by atoms with van der Waals surface area (Å²) in [6.07, 6.45) is 6.49. The number of aromatic nitrogens is 1. The first kappa shape index (κ1) is 15.5. The van der Waals surface area contributed by atoms with Gasteiger partial charge in [-0.2, -0.15) is 4.31 Å². The molecule has 6 heteroatoms. The summed E-state index contributed by atoms with van der Waals surface area (Å²) in [5, 5.41) is 3.71. The molecule has 1 aliphatic rings. The molecule has 0 amide bonds. The Hall–Kier alpha value is -0.880. The highest BCUT2D eigenvalue weighted by Crippen LogP contribution is 2.26. The Morgan fingerprint density at radius 1 is 1.45 bits per heavy atom. The minimum Gasteiger partial charge on any atom is -0.364 e. The van der Waals surface area contributed by atoms with Gasteiger partial charge in [-0.15, -0.1) is 0 Å². The Morgan fingerprint density at radius 3 is 2.90 bits per heavy atom. The Kier molecular flexibility index (Phi) is 5.21. The summed E-state index contributed by atoms with van der Waals surface area (Å²) in [6, 6.07) is 1.77. The predicted molar refractivity (Wildman–Crippen MR) is 77.5 cm³/mol. The van der Waals surface area contributed by atoms with E-state index in [4.69, 9.17) is 4.52 Å². The van der Waals surface area contributed by atoms with E-state index in [9.17, 15) is 8.42 Å². The normalized spacial score (nSPS) is 21.4. The van der Waals surface area contributed by atoms with Crippen molar-refractivity contribution in [3.05, 3.63) is 18.0 Å². The van der Waals surface area contributed by atoms with Gasteiger partial charge in [0.1, 0.15) is 12.0 Å². The van der Waals surface area contributed by atoms with Gasteiger partial charge < -0.3 is 4.52 Å². The molecule has 0 N–H and O–H groups in total. The first-order valence-electron chi connectivity index (χ1n) is 7.38. The van der Waals surface area contributed by atoms with Crippen molar-refractivity contribution in [2.75, 3.05) is 6.54 Å². The SMILES string of the molecule is CC(C)CC[C@@H]1CCCCN1S(=O)(=O)Cc1ccon1. The van der Waals surface area contributed by atoms with E-state index in [-0.39, 0.29) is 11.8 Å². The minimum absolute atomic E-state index is 0.0539. The molecule has 1 atom stereocenters. The second-order valence-electron chi connectivity index (χ2n) is 5.98. The smallest absolute Gasteiger partial charge is 0.220 e. The van der Waals surface area contributed by atoms with Gasteiger partial charge in [-0.1, -0.05) is 25.4 Å². The molecule has 2 heterocycles. The van der Waals surface area contributed by atoms with Crippen LogP contribution >= 0.6 is 0 Å². The molecule has 0 unspecified atom stereocenters. The maximum atomic E-state index is 12.6. The van der Waals surface area contributed by atoms with Gasteiger partial charge in [0.2, 0.25) is 10.0 Å². The van der Waals surface area contributed by atoms with Gasteiger partial charge in [0, 0.05) is 18.7 Å². The third-order valence-electron chi connectivity index (χ3n) is 3.83. The maximum Gasteiger partial charge on any atom is 0.220 e. The monoisotopic (exact) mass is 300 g/mol. The summed E-state index contributed by atoms with van der Waals surface area (Å²) in [5.74, 6) is 0.554. The molecule has 1 aromatic heterocycles. The average molecular weight is 300 g/mol. The van der Waals surface area contributed by atoms with E-state index in [1.54, 1.807) is 10.4 Å². The molecule has 5 nitrogen and oxygen atoms in total. The van der Waals surface area contributed by atoms with Crippen LogP contribution in [-0.2, 0) is 15.8 Å². The van der Waals surface area contributed by atoms with Gasteiger partial charge >= 0.3 is 0 Å². The zero-order valence-electron chi connectivity index (χ0n) is 12.3. The zero-order chi connectivity index (χ0) is 14.6. The van der Waals surface area contributed by atoms with Crippen molar-refractivity contribution in [3.8, 4) is 0 Å². The summed E-state index contributed by atoms with van der Waals surface area (Å²) in [6.45, 7) is 5.00. The summed E-state index contributed by atoms with van der Waals surface area (Å²) < 4.78 is 31.5. The molecular formula is C14H24N2O3S. The number of sulfonamides is 1. The molecule has 0 spiro atoms. The first-order valence-corrected chi connectivity index (χ1v) is 8.99. The van der Waals surface area contributed by atoms with Crippen molar-refractivity contribution in [2.45, 2.75) is 57.7 Å². The van der Waals surface area contributed by atoms with E-state index in [1.807, 2.05) is 0 Å². The van der Waals surface area contributed by atoms with Crippen molar-refractivity contribution in [1.29, 1.82) is 0 Å². The lowest BCUT2D eigenvalue weighted by Crippen LogP contribution is -2.44. The number of hydrogen-bond acceptors (Lipinski definition) is 4. The molecule has 0 bridgehead atoms. The summed E-state index contributed by atoms with van der Waals surface area (Å²) in [4.78, 5) is 0. The molecule has 20 heavy (non-hydrogen) atoms. The van der Waals surface area contributed by atoms with Crippen LogP contribution in [0.4, 0.5) is 0 Å². The van der Waals surface area contributed by atoms with Gasteiger partial charge in [-0.25, -0.2) is 8.42 Å². The minimum atomic E-state index is -3.29. The molecular weight excluding hydrogens is 276 g/mol. The highest BCUT2D eigenvalue weighted by Gasteiger charge is 2.32. The molecule has 1 fully saturated rings. The first-order chi connectivity index (χ1) is 9.49. The molecule has 2 rings (SSSR count). The van der Waals surface area contributed by atoms with Crippen LogP contribution in [0.2, 0.25) is 0 Å². The second kappa shape index (κ2) is 6.72. The van der Waals surface area contributed by atoms with Crippen molar-refractivity contribution < 1.29 is 12.9 Å². The average Bonchev–Trinajstić information content (AvgIpc) is 2.88. The van der Waals surface area contributed by atoms with Gasteiger partial charge in [-0.05, 0) is 31.6 Å². The topological polar surface area (TPSA) is 63.4 Å². The van der Waals surface area contributed by atoms with Gasteiger partial charge in [0.15, 0.2) is 0 Å². The Morgan fingerprint density at radius 2 is 2.25 bits per heavy atom. The van der Waals surface area contributed by atoms with E-state index in [2.05, 4.69) is 19.0 Å². The fourth-order valence-electron chi connectivity index (χ4n) is 2.74. The highest BCUT2D eigenvalue weighted by atomic mass is 32.2.